The Labute approximate surface area is 105 Å². The second-order valence-corrected chi connectivity index (χ2v) is 6.79. The zero-order chi connectivity index (χ0) is 12.6. The molecule has 0 radical (unpaired) electrons. The Morgan fingerprint density at radius 3 is 2.71 bits per heavy atom. The number of carbonyl (C=O) groups is 1. The van der Waals surface area contributed by atoms with Crippen LogP contribution in [0.25, 0.3) is 0 Å². The molecule has 0 saturated heterocycles. The highest BCUT2D eigenvalue weighted by Crippen LogP contribution is 2.54. The molecule has 2 aliphatic carbocycles. The van der Waals surface area contributed by atoms with Gasteiger partial charge in [0.15, 0.2) is 0 Å². The molecule has 0 heterocycles. The van der Waals surface area contributed by atoms with Crippen molar-refractivity contribution in [2.45, 2.75) is 59.3 Å². The first-order chi connectivity index (χ1) is 7.94. The van der Waals surface area contributed by atoms with Gasteiger partial charge in [-0.3, -0.25) is 4.79 Å². The molecule has 0 unspecified atom stereocenters. The number of rotatable bonds is 2. The molecule has 2 aliphatic rings. The van der Waals surface area contributed by atoms with Gasteiger partial charge in [-0.05, 0) is 48.9 Å². The summed E-state index contributed by atoms with van der Waals surface area (Å²) in [7, 11) is 0. The van der Waals surface area contributed by atoms with Crippen LogP contribution in [0, 0.1) is 29.1 Å². The maximum atomic E-state index is 11.1. The van der Waals surface area contributed by atoms with Crippen LogP contribution in [-0.4, -0.2) is 11.1 Å². The van der Waals surface area contributed by atoms with Crippen molar-refractivity contribution in [3.8, 4) is 0 Å². The second-order valence-electron chi connectivity index (χ2n) is 6.79. The van der Waals surface area contributed by atoms with Gasteiger partial charge in [0.05, 0.1) is 5.92 Å². The highest BCUT2D eigenvalue weighted by atomic mass is 16.4. The molecule has 2 nitrogen and oxygen atoms in total. The van der Waals surface area contributed by atoms with Crippen LogP contribution in [0.3, 0.4) is 0 Å². The Kier molecular flexibility index (Phi) is 3.51. The molecule has 1 N–H and O–H groups in total. The first-order valence-electron chi connectivity index (χ1n) is 7.17. The van der Waals surface area contributed by atoms with Crippen molar-refractivity contribution in [1.82, 2.24) is 0 Å². The molecule has 2 saturated carbocycles. The van der Waals surface area contributed by atoms with Crippen molar-refractivity contribution in [2.75, 3.05) is 0 Å². The number of fused-ring (bicyclic) bond motifs is 1. The van der Waals surface area contributed by atoms with Gasteiger partial charge in [-0.2, -0.15) is 0 Å². The van der Waals surface area contributed by atoms with Gasteiger partial charge >= 0.3 is 5.97 Å². The number of carboxylic acids is 1. The molecule has 2 fully saturated rings. The number of aliphatic carboxylic acids is 1. The van der Waals surface area contributed by atoms with E-state index in [1.165, 1.54) is 25.7 Å². The highest BCUT2D eigenvalue weighted by molar-refractivity contribution is 5.69. The average Bonchev–Trinajstić information content (AvgIpc) is 2.27. The highest BCUT2D eigenvalue weighted by Gasteiger charge is 2.45. The van der Waals surface area contributed by atoms with E-state index in [1.54, 1.807) is 0 Å². The largest absolute Gasteiger partial charge is 0.481 e. The maximum Gasteiger partial charge on any atom is 0.306 e. The molecule has 98 valence electrons. The van der Waals surface area contributed by atoms with E-state index in [0.717, 1.165) is 24.7 Å². The van der Waals surface area contributed by atoms with Gasteiger partial charge in [-0.15, -0.1) is 0 Å². The van der Waals surface area contributed by atoms with Crippen LogP contribution in [0.5, 0.6) is 0 Å². The summed E-state index contributed by atoms with van der Waals surface area (Å²) in [6.45, 7) is 6.70. The van der Waals surface area contributed by atoms with E-state index in [9.17, 15) is 4.79 Å². The van der Waals surface area contributed by atoms with Gasteiger partial charge in [0.1, 0.15) is 0 Å². The van der Waals surface area contributed by atoms with Gasteiger partial charge in [0.25, 0.3) is 0 Å². The van der Waals surface area contributed by atoms with Gasteiger partial charge in [0.2, 0.25) is 0 Å². The van der Waals surface area contributed by atoms with Crippen LogP contribution in [0.2, 0.25) is 0 Å². The summed E-state index contributed by atoms with van der Waals surface area (Å²) in [5, 5.41) is 9.16. The summed E-state index contributed by atoms with van der Waals surface area (Å²) in [6, 6.07) is 0. The lowest BCUT2D eigenvalue weighted by Gasteiger charge is -2.51. The molecule has 0 amide bonds. The molecule has 0 aromatic heterocycles. The molecule has 0 aliphatic heterocycles. The quantitative estimate of drug-likeness (QED) is 0.791. The predicted molar refractivity (Wildman–Crippen MR) is 68.8 cm³/mol. The third-order valence-electron chi connectivity index (χ3n) is 5.73. The minimum Gasteiger partial charge on any atom is -0.481 e. The lowest BCUT2D eigenvalue weighted by Crippen LogP contribution is -2.42. The Bertz CT molecular complexity index is 299. The van der Waals surface area contributed by atoms with Crippen molar-refractivity contribution in [1.29, 1.82) is 0 Å². The Morgan fingerprint density at radius 1 is 1.35 bits per heavy atom. The monoisotopic (exact) mass is 238 g/mol. The minimum atomic E-state index is -0.609. The number of hydrogen-bond acceptors (Lipinski definition) is 1. The molecule has 5 atom stereocenters. The van der Waals surface area contributed by atoms with Crippen LogP contribution in [0.4, 0.5) is 0 Å². The van der Waals surface area contributed by atoms with Gasteiger partial charge < -0.3 is 5.11 Å². The molecular formula is C15H26O2. The lowest BCUT2D eigenvalue weighted by atomic mass is 9.54. The van der Waals surface area contributed by atoms with E-state index < -0.39 is 5.97 Å². The summed E-state index contributed by atoms with van der Waals surface area (Å²) >= 11 is 0. The third-order valence-corrected chi connectivity index (χ3v) is 5.73. The smallest absolute Gasteiger partial charge is 0.306 e. The number of hydrogen-bond donors (Lipinski definition) is 1. The molecule has 0 aromatic rings. The normalized spacial score (nSPS) is 43.8. The van der Waals surface area contributed by atoms with E-state index in [1.807, 2.05) is 6.92 Å². The average molecular weight is 238 g/mol. The first-order valence-corrected chi connectivity index (χ1v) is 7.17. The summed E-state index contributed by atoms with van der Waals surface area (Å²) in [5.41, 5.74) is 0.506. The van der Waals surface area contributed by atoms with Crippen LogP contribution in [0.15, 0.2) is 0 Å². The van der Waals surface area contributed by atoms with Crippen LogP contribution >= 0.6 is 0 Å². The minimum absolute atomic E-state index is 0.159. The first kappa shape index (κ1) is 12.9. The SMILES string of the molecule is C[C@@H]1CCC[C@]2(C)CC[C@H]([C@@H](C)C(=O)O)C[C@@H]12. The molecule has 2 rings (SSSR count). The molecule has 0 bridgehead atoms. The van der Waals surface area contributed by atoms with Crippen molar-refractivity contribution in [2.24, 2.45) is 29.1 Å². The topological polar surface area (TPSA) is 37.3 Å². The fourth-order valence-corrected chi connectivity index (χ4v) is 4.34. The fraction of sp³-hybridized carbons (Fsp3) is 0.933. The molecule has 2 heteroatoms. The lowest BCUT2D eigenvalue weighted by molar-refractivity contribution is -0.144. The molecule has 0 spiro atoms. The second kappa shape index (κ2) is 4.62. The van der Waals surface area contributed by atoms with E-state index >= 15 is 0 Å². The van der Waals surface area contributed by atoms with E-state index in [-0.39, 0.29) is 5.92 Å². The fourth-order valence-electron chi connectivity index (χ4n) is 4.34. The summed E-state index contributed by atoms with van der Waals surface area (Å²) in [6.07, 6.45) is 7.57. The van der Waals surface area contributed by atoms with E-state index in [0.29, 0.717) is 11.3 Å². The summed E-state index contributed by atoms with van der Waals surface area (Å²) in [5.74, 6) is 1.19. The van der Waals surface area contributed by atoms with Crippen LogP contribution < -0.4 is 0 Å². The Balaban J connectivity index is 2.08. The zero-order valence-electron chi connectivity index (χ0n) is 11.4. The molecule has 17 heavy (non-hydrogen) atoms. The molecular weight excluding hydrogens is 212 g/mol. The third kappa shape index (κ3) is 2.36. The summed E-state index contributed by atoms with van der Waals surface area (Å²) in [4.78, 5) is 11.1. The Morgan fingerprint density at radius 2 is 2.06 bits per heavy atom. The van der Waals surface area contributed by atoms with Crippen molar-refractivity contribution in [3.05, 3.63) is 0 Å². The van der Waals surface area contributed by atoms with E-state index in [4.69, 9.17) is 5.11 Å². The van der Waals surface area contributed by atoms with Crippen molar-refractivity contribution >= 4 is 5.97 Å². The van der Waals surface area contributed by atoms with E-state index in [2.05, 4.69) is 13.8 Å². The maximum absolute atomic E-state index is 11.1. The van der Waals surface area contributed by atoms with Crippen molar-refractivity contribution < 1.29 is 9.90 Å². The van der Waals surface area contributed by atoms with Crippen LogP contribution in [-0.2, 0) is 4.79 Å². The van der Waals surface area contributed by atoms with Gasteiger partial charge in [-0.25, -0.2) is 0 Å². The standard InChI is InChI=1S/C15H26O2/c1-10-5-4-7-15(3)8-6-12(9-13(10)15)11(2)14(16)17/h10-13H,4-9H2,1-3H3,(H,16,17)/t10-,11-,12+,13+,15-/m1/s1. The molecule has 0 aromatic carbocycles. The zero-order valence-corrected chi connectivity index (χ0v) is 11.4. The van der Waals surface area contributed by atoms with Crippen molar-refractivity contribution in [3.63, 3.8) is 0 Å². The predicted octanol–water partition coefficient (Wildman–Crippen LogP) is 3.95. The Hall–Kier alpha value is -0.530. The van der Waals surface area contributed by atoms with Gasteiger partial charge in [0, 0.05) is 0 Å². The van der Waals surface area contributed by atoms with Gasteiger partial charge in [-0.1, -0.05) is 33.6 Å². The number of carboxylic acid groups (broad SMARTS) is 1. The summed E-state index contributed by atoms with van der Waals surface area (Å²) < 4.78 is 0. The van der Waals surface area contributed by atoms with Crippen LogP contribution in [0.1, 0.15) is 59.3 Å².